The molecule has 4 rings (SSSR count). The molecule has 0 saturated heterocycles. The maximum absolute atomic E-state index is 12.4. The monoisotopic (exact) mass is 424 g/mol. The summed E-state index contributed by atoms with van der Waals surface area (Å²) >= 11 is 0. The molecule has 0 atom stereocenters. The van der Waals surface area contributed by atoms with Crippen molar-refractivity contribution in [3.8, 4) is 11.1 Å². The number of anilines is 1. The van der Waals surface area contributed by atoms with E-state index in [0.717, 1.165) is 58.5 Å². The molecule has 6 heteroatoms. The first kappa shape index (κ1) is 20.8. The average molecular weight is 425 g/mol. The number of nitrogens with zero attached hydrogens (tertiary/aromatic N) is 1. The fraction of sp³-hybridized carbons (Fsp3) is 0.417. The third kappa shape index (κ3) is 4.19. The average Bonchev–Trinajstić information content (AvgIpc) is 3.43. The standard InChI is InChI=1S/C24H28N2O3S/c1-4-12-30(28,29)26-22-11-10-19(15(2)16(22)3)21-13-18(14-24(27)17-8-9-17)25-23-7-5-6-20(21)23/h5-6,10-11,13,17,26H,4,7-9,12,14H2,1-3H3. The predicted molar refractivity (Wildman–Crippen MR) is 121 cm³/mol. The number of allylic oxidation sites excluding steroid dienone is 1. The number of sulfonamides is 1. The van der Waals surface area contributed by atoms with Gasteiger partial charge < -0.3 is 0 Å². The van der Waals surface area contributed by atoms with E-state index < -0.39 is 10.0 Å². The van der Waals surface area contributed by atoms with Crippen LogP contribution in [0.5, 0.6) is 0 Å². The molecule has 0 bridgehead atoms. The first-order chi connectivity index (χ1) is 14.3. The third-order valence-corrected chi connectivity index (χ3v) is 7.47. The Morgan fingerprint density at radius 3 is 2.63 bits per heavy atom. The zero-order valence-electron chi connectivity index (χ0n) is 17.8. The summed E-state index contributed by atoms with van der Waals surface area (Å²) in [6.07, 6.45) is 7.94. The molecule has 30 heavy (non-hydrogen) atoms. The number of rotatable bonds is 8. The molecule has 5 nitrogen and oxygen atoms in total. The Hall–Kier alpha value is -2.47. The number of carbonyl (C=O) groups excluding carboxylic acids is 1. The molecule has 1 aromatic carbocycles. The zero-order valence-corrected chi connectivity index (χ0v) is 18.6. The van der Waals surface area contributed by atoms with E-state index in [9.17, 15) is 13.2 Å². The number of benzene rings is 1. The van der Waals surface area contributed by atoms with Gasteiger partial charge >= 0.3 is 0 Å². The summed E-state index contributed by atoms with van der Waals surface area (Å²) in [5.74, 6) is 0.614. The highest BCUT2D eigenvalue weighted by molar-refractivity contribution is 7.92. The summed E-state index contributed by atoms with van der Waals surface area (Å²) in [4.78, 5) is 17.1. The number of Topliss-reactive ketones (excluding diaryl/α,β-unsaturated/α-hetero) is 1. The second-order valence-electron chi connectivity index (χ2n) is 8.38. The molecule has 0 aliphatic heterocycles. The van der Waals surface area contributed by atoms with Crippen LogP contribution in [0.15, 0.2) is 24.3 Å². The predicted octanol–water partition coefficient (Wildman–Crippen LogP) is 4.61. The third-order valence-electron chi connectivity index (χ3n) is 5.99. The van der Waals surface area contributed by atoms with E-state index in [-0.39, 0.29) is 17.5 Å². The van der Waals surface area contributed by atoms with Crippen LogP contribution in [-0.2, 0) is 27.7 Å². The minimum absolute atomic E-state index is 0.105. The number of carbonyl (C=O) groups is 1. The van der Waals surface area contributed by atoms with Crippen molar-refractivity contribution in [2.24, 2.45) is 5.92 Å². The number of hydrogen-bond donors (Lipinski definition) is 1. The van der Waals surface area contributed by atoms with Crippen LogP contribution < -0.4 is 4.72 Å². The molecule has 1 fully saturated rings. The number of hydrogen-bond acceptors (Lipinski definition) is 4. The molecule has 1 saturated carbocycles. The second-order valence-corrected chi connectivity index (χ2v) is 10.2. The Morgan fingerprint density at radius 2 is 1.93 bits per heavy atom. The molecule has 0 spiro atoms. The molecule has 0 unspecified atom stereocenters. The number of fused-ring (bicyclic) bond motifs is 1. The van der Waals surface area contributed by atoms with Crippen LogP contribution in [0.1, 0.15) is 54.3 Å². The molecule has 2 aromatic rings. The van der Waals surface area contributed by atoms with E-state index in [1.165, 1.54) is 0 Å². The molecule has 1 aromatic heterocycles. The van der Waals surface area contributed by atoms with Gasteiger partial charge in [-0.15, -0.1) is 0 Å². The van der Waals surface area contributed by atoms with E-state index in [1.54, 1.807) is 0 Å². The van der Waals surface area contributed by atoms with Crippen LogP contribution in [0.3, 0.4) is 0 Å². The number of nitrogens with one attached hydrogen (secondary N) is 1. The minimum Gasteiger partial charge on any atom is -0.299 e. The van der Waals surface area contributed by atoms with Crippen molar-refractivity contribution in [2.45, 2.75) is 52.9 Å². The largest absolute Gasteiger partial charge is 0.299 e. The van der Waals surface area contributed by atoms with Crippen molar-refractivity contribution in [2.75, 3.05) is 10.5 Å². The molecule has 1 N–H and O–H groups in total. The highest BCUT2D eigenvalue weighted by atomic mass is 32.2. The van der Waals surface area contributed by atoms with Crippen molar-refractivity contribution >= 4 is 27.6 Å². The fourth-order valence-corrected chi connectivity index (χ4v) is 5.24. The Bertz CT molecular complexity index is 1150. The van der Waals surface area contributed by atoms with Gasteiger partial charge in [0.1, 0.15) is 5.78 Å². The number of pyridine rings is 1. The summed E-state index contributed by atoms with van der Waals surface area (Å²) in [6.45, 7) is 5.81. The Kier molecular flexibility index (Phi) is 5.53. The van der Waals surface area contributed by atoms with Crippen LogP contribution in [0.4, 0.5) is 5.69 Å². The zero-order chi connectivity index (χ0) is 21.5. The topological polar surface area (TPSA) is 76.1 Å². The molecular weight excluding hydrogens is 396 g/mol. The van der Waals surface area contributed by atoms with Gasteiger partial charge in [-0.3, -0.25) is 14.5 Å². The minimum atomic E-state index is -3.34. The summed E-state index contributed by atoms with van der Waals surface area (Å²) in [7, 11) is -3.34. The lowest BCUT2D eigenvalue weighted by Gasteiger charge is -2.18. The van der Waals surface area contributed by atoms with Crippen molar-refractivity contribution in [1.82, 2.24) is 4.98 Å². The molecule has 0 radical (unpaired) electrons. The Balaban J connectivity index is 1.73. The van der Waals surface area contributed by atoms with E-state index >= 15 is 0 Å². The van der Waals surface area contributed by atoms with Gasteiger partial charge in [0.2, 0.25) is 10.0 Å². The molecule has 2 aliphatic rings. The van der Waals surface area contributed by atoms with E-state index in [2.05, 4.69) is 16.9 Å². The van der Waals surface area contributed by atoms with Gasteiger partial charge in [-0.1, -0.05) is 25.1 Å². The Morgan fingerprint density at radius 1 is 1.17 bits per heavy atom. The van der Waals surface area contributed by atoms with Crippen molar-refractivity contribution in [3.05, 3.63) is 52.4 Å². The van der Waals surface area contributed by atoms with E-state index in [4.69, 9.17) is 4.98 Å². The molecular formula is C24H28N2O3S. The first-order valence-corrected chi connectivity index (χ1v) is 12.3. The summed E-state index contributed by atoms with van der Waals surface area (Å²) in [6, 6.07) is 5.85. The van der Waals surface area contributed by atoms with Crippen LogP contribution in [0, 0.1) is 19.8 Å². The maximum atomic E-state index is 12.4. The molecule has 2 aliphatic carbocycles. The summed E-state index contributed by atoms with van der Waals surface area (Å²) in [5, 5.41) is 0. The van der Waals surface area contributed by atoms with Crippen LogP contribution in [0.2, 0.25) is 0 Å². The quantitative estimate of drug-likeness (QED) is 0.671. The number of aromatic nitrogens is 1. The van der Waals surface area contributed by atoms with Gasteiger partial charge in [-0.25, -0.2) is 8.42 Å². The van der Waals surface area contributed by atoms with Gasteiger partial charge in [0, 0.05) is 30.0 Å². The summed E-state index contributed by atoms with van der Waals surface area (Å²) in [5.41, 5.74) is 7.61. The van der Waals surface area contributed by atoms with Crippen LogP contribution in [0.25, 0.3) is 17.2 Å². The van der Waals surface area contributed by atoms with Gasteiger partial charge in [-0.2, -0.15) is 0 Å². The first-order valence-electron chi connectivity index (χ1n) is 10.6. The van der Waals surface area contributed by atoms with Crippen LogP contribution >= 0.6 is 0 Å². The lowest BCUT2D eigenvalue weighted by molar-refractivity contribution is -0.119. The SMILES string of the molecule is CCCS(=O)(=O)Nc1ccc(-c2cc(CC(=O)C3CC3)nc3c2C=CC3)c(C)c1C. The van der Waals surface area contributed by atoms with Crippen molar-refractivity contribution in [1.29, 1.82) is 0 Å². The normalized spacial score (nSPS) is 15.3. The lowest BCUT2D eigenvalue weighted by Crippen LogP contribution is -2.17. The van der Waals surface area contributed by atoms with Crippen molar-refractivity contribution in [3.63, 3.8) is 0 Å². The fourth-order valence-electron chi connectivity index (χ4n) is 4.05. The maximum Gasteiger partial charge on any atom is 0.232 e. The van der Waals surface area contributed by atoms with E-state index in [1.807, 2.05) is 39.0 Å². The van der Waals surface area contributed by atoms with Gasteiger partial charge in [0.25, 0.3) is 0 Å². The summed E-state index contributed by atoms with van der Waals surface area (Å²) < 4.78 is 27.2. The van der Waals surface area contributed by atoms with Crippen molar-refractivity contribution < 1.29 is 13.2 Å². The van der Waals surface area contributed by atoms with Gasteiger partial charge in [0.15, 0.2) is 0 Å². The molecule has 0 amide bonds. The second kappa shape index (κ2) is 7.99. The van der Waals surface area contributed by atoms with Gasteiger partial charge in [-0.05, 0) is 67.5 Å². The van der Waals surface area contributed by atoms with E-state index in [0.29, 0.717) is 18.5 Å². The number of ketones is 1. The van der Waals surface area contributed by atoms with Crippen LogP contribution in [-0.4, -0.2) is 24.9 Å². The molecule has 158 valence electrons. The van der Waals surface area contributed by atoms with Gasteiger partial charge in [0.05, 0.1) is 17.1 Å². The highest BCUT2D eigenvalue weighted by Crippen LogP contribution is 2.37. The molecule has 1 heterocycles. The smallest absolute Gasteiger partial charge is 0.232 e. The lowest BCUT2D eigenvalue weighted by atomic mass is 9.92. The highest BCUT2D eigenvalue weighted by Gasteiger charge is 2.30. The Labute approximate surface area is 178 Å².